The third-order valence-corrected chi connectivity index (χ3v) is 9.71. The predicted octanol–water partition coefficient (Wildman–Crippen LogP) is 8.70. The van der Waals surface area contributed by atoms with Crippen LogP contribution in [0.1, 0.15) is 70.6 Å². The molecule has 0 saturated heterocycles. The van der Waals surface area contributed by atoms with Crippen LogP contribution in [0.3, 0.4) is 0 Å². The highest BCUT2D eigenvalue weighted by Gasteiger charge is 2.33. The molecule has 0 bridgehead atoms. The Hall–Kier alpha value is -6.20. The lowest BCUT2D eigenvalue weighted by Gasteiger charge is -2.20. The van der Waals surface area contributed by atoms with Crippen LogP contribution in [-0.4, -0.2) is 27.7 Å². The van der Waals surface area contributed by atoms with Gasteiger partial charge in [0.15, 0.2) is 23.1 Å². The van der Waals surface area contributed by atoms with Crippen molar-refractivity contribution in [2.45, 2.75) is 13.5 Å². The first kappa shape index (κ1) is 27.1. The molecule has 1 aromatic heterocycles. The Morgan fingerprint density at radius 1 is 0.404 bits per heavy atom. The Kier molecular flexibility index (Phi) is 5.72. The molecule has 5 nitrogen and oxygen atoms in total. The average molecular weight is 608 g/mol. The Morgan fingerprint density at radius 2 is 0.766 bits per heavy atom. The molecule has 7 aromatic rings. The maximum absolute atomic E-state index is 13.8. The van der Waals surface area contributed by atoms with E-state index in [-0.39, 0.29) is 23.1 Å². The summed E-state index contributed by atoms with van der Waals surface area (Å²) in [5.41, 5.74) is 8.58. The highest BCUT2D eigenvalue weighted by Crippen LogP contribution is 2.40. The molecule has 5 heteroatoms. The third-order valence-electron chi connectivity index (χ3n) is 9.71. The maximum atomic E-state index is 13.8. The number of nitrogens with zero attached hydrogens (tertiary/aromatic N) is 1. The topological polar surface area (TPSA) is 73.2 Å². The normalized spacial score (nSPS) is 13.5. The Morgan fingerprint density at radius 3 is 1.17 bits per heavy atom. The molecule has 1 heterocycles. The van der Waals surface area contributed by atoms with E-state index < -0.39 is 0 Å². The molecule has 47 heavy (non-hydrogen) atoms. The lowest BCUT2D eigenvalue weighted by Crippen LogP contribution is -2.21. The molecular formula is C42H25NO4. The lowest BCUT2D eigenvalue weighted by atomic mass is 9.80. The van der Waals surface area contributed by atoms with Gasteiger partial charge >= 0.3 is 0 Å². The fourth-order valence-corrected chi connectivity index (χ4v) is 7.55. The number of carbonyl (C=O) groups excluding carboxylic acids is 4. The van der Waals surface area contributed by atoms with Gasteiger partial charge in [-0.15, -0.1) is 0 Å². The largest absolute Gasteiger partial charge is 0.341 e. The third kappa shape index (κ3) is 3.71. The summed E-state index contributed by atoms with van der Waals surface area (Å²) in [5, 5.41) is 1.98. The zero-order valence-electron chi connectivity index (χ0n) is 25.3. The van der Waals surface area contributed by atoms with E-state index in [1.54, 1.807) is 60.7 Å². The monoisotopic (exact) mass is 607 g/mol. The van der Waals surface area contributed by atoms with E-state index in [1.165, 1.54) is 0 Å². The number of carbonyl (C=O) groups is 4. The van der Waals surface area contributed by atoms with Gasteiger partial charge in [0, 0.05) is 72.9 Å². The molecular weight excluding hydrogens is 582 g/mol. The van der Waals surface area contributed by atoms with E-state index in [2.05, 4.69) is 35.8 Å². The first-order chi connectivity index (χ1) is 23.0. The Bertz CT molecular complexity index is 2410. The summed E-state index contributed by atoms with van der Waals surface area (Å²) in [7, 11) is 0. The highest BCUT2D eigenvalue weighted by atomic mass is 16.1. The molecule has 0 unspecified atom stereocenters. The molecule has 0 atom stereocenters. The molecule has 0 fully saturated rings. The van der Waals surface area contributed by atoms with Crippen LogP contribution < -0.4 is 0 Å². The van der Waals surface area contributed by atoms with Crippen molar-refractivity contribution < 1.29 is 19.2 Å². The molecule has 0 aliphatic heterocycles. The van der Waals surface area contributed by atoms with Crippen LogP contribution in [-0.2, 0) is 6.54 Å². The second kappa shape index (κ2) is 9.90. The van der Waals surface area contributed by atoms with Crippen molar-refractivity contribution in [3.8, 4) is 22.3 Å². The van der Waals surface area contributed by atoms with Crippen LogP contribution in [0.4, 0.5) is 0 Å². The van der Waals surface area contributed by atoms with Gasteiger partial charge in [0.1, 0.15) is 0 Å². The van der Waals surface area contributed by atoms with Crippen molar-refractivity contribution >= 4 is 44.9 Å². The van der Waals surface area contributed by atoms with Gasteiger partial charge in [-0.3, -0.25) is 19.2 Å². The van der Waals surface area contributed by atoms with E-state index in [1.807, 2.05) is 36.4 Å². The van der Waals surface area contributed by atoms with Crippen LogP contribution in [0.2, 0.25) is 0 Å². The van der Waals surface area contributed by atoms with Gasteiger partial charge < -0.3 is 4.57 Å². The fraction of sp³-hybridized carbons (Fsp3) is 0.0476. The average Bonchev–Trinajstić information content (AvgIpc) is 3.44. The summed E-state index contributed by atoms with van der Waals surface area (Å²) >= 11 is 0. The summed E-state index contributed by atoms with van der Waals surface area (Å²) in [6.45, 7) is 2.85. The molecule has 0 spiro atoms. The zero-order chi connectivity index (χ0) is 32.0. The van der Waals surface area contributed by atoms with Gasteiger partial charge in [-0.05, 0) is 53.4 Å². The van der Waals surface area contributed by atoms with Gasteiger partial charge in [0.05, 0.1) is 0 Å². The number of rotatable bonds is 3. The SMILES string of the molecule is CCn1c2ccc(-c3cccc4c3C(=O)c3ccccc3C4=O)cc2c2cc(-c3cccc4c3C(=O)c3ccccc3C4=O)ccc21. The molecule has 0 saturated carbocycles. The lowest BCUT2D eigenvalue weighted by molar-refractivity contribution is 0.0979. The minimum Gasteiger partial charge on any atom is -0.341 e. The minimum absolute atomic E-state index is 0.146. The Labute approximate surface area is 269 Å². The zero-order valence-corrected chi connectivity index (χ0v) is 25.3. The van der Waals surface area contributed by atoms with Gasteiger partial charge in [-0.1, -0.05) is 97.1 Å². The van der Waals surface area contributed by atoms with Crippen molar-refractivity contribution in [3.05, 3.63) is 166 Å². The van der Waals surface area contributed by atoms with Gasteiger partial charge in [-0.2, -0.15) is 0 Å². The van der Waals surface area contributed by atoms with E-state index in [4.69, 9.17) is 0 Å². The van der Waals surface area contributed by atoms with Crippen LogP contribution in [0.25, 0.3) is 44.1 Å². The maximum Gasteiger partial charge on any atom is 0.195 e. The number of ketones is 4. The second-order valence-corrected chi connectivity index (χ2v) is 12.1. The number of benzene rings is 6. The molecule has 222 valence electrons. The van der Waals surface area contributed by atoms with Gasteiger partial charge in [0.25, 0.3) is 0 Å². The van der Waals surface area contributed by atoms with Crippen molar-refractivity contribution in [1.82, 2.24) is 4.57 Å². The molecule has 9 rings (SSSR count). The standard InChI is InChI=1S/C42H25NO4/c1-2-43-35-19-17-23(25-13-7-15-31-37(25)41(46)29-11-5-3-9-27(29)39(31)44)21-33(35)34-22-24(18-20-36(34)43)26-14-8-16-32-38(26)42(47)30-12-6-4-10-28(30)40(32)45/h3-22H,2H2,1H3. The summed E-state index contributed by atoms with van der Waals surface area (Å²) in [6, 6.07) is 37.3. The predicted molar refractivity (Wildman–Crippen MR) is 183 cm³/mol. The second-order valence-electron chi connectivity index (χ2n) is 12.1. The highest BCUT2D eigenvalue weighted by molar-refractivity contribution is 6.31. The fourth-order valence-electron chi connectivity index (χ4n) is 7.55. The van der Waals surface area contributed by atoms with Crippen LogP contribution in [0, 0.1) is 0 Å². The number of hydrogen-bond donors (Lipinski definition) is 0. The molecule has 6 aromatic carbocycles. The van der Waals surface area contributed by atoms with Crippen molar-refractivity contribution in [3.63, 3.8) is 0 Å². The first-order valence-electron chi connectivity index (χ1n) is 15.7. The molecule has 0 N–H and O–H groups in total. The first-order valence-corrected chi connectivity index (χ1v) is 15.7. The van der Waals surface area contributed by atoms with E-state index >= 15 is 0 Å². The van der Waals surface area contributed by atoms with E-state index in [0.29, 0.717) is 55.6 Å². The van der Waals surface area contributed by atoms with Crippen LogP contribution in [0.15, 0.2) is 121 Å². The van der Waals surface area contributed by atoms with Gasteiger partial charge in [0.2, 0.25) is 0 Å². The summed E-state index contributed by atoms with van der Waals surface area (Å²) in [4.78, 5) is 54.5. The smallest absolute Gasteiger partial charge is 0.195 e. The molecule has 2 aliphatic carbocycles. The van der Waals surface area contributed by atoms with Crippen LogP contribution in [0.5, 0.6) is 0 Å². The number of aromatic nitrogens is 1. The number of aryl methyl sites for hydroxylation is 1. The van der Waals surface area contributed by atoms with Crippen molar-refractivity contribution in [2.24, 2.45) is 0 Å². The van der Waals surface area contributed by atoms with Crippen LogP contribution >= 0.6 is 0 Å². The summed E-state index contributed by atoms with van der Waals surface area (Å²) in [5.74, 6) is -0.600. The van der Waals surface area contributed by atoms with E-state index in [0.717, 1.165) is 39.5 Å². The number of hydrogen-bond acceptors (Lipinski definition) is 4. The molecule has 0 radical (unpaired) electrons. The van der Waals surface area contributed by atoms with E-state index in [9.17, 15) is 19.2 Å². The minimum atomic E-state index is -0.154. The van der Waals surface area contributed by atoms with Crippen molar-refractivity contribution in [2.75, 3.05) is 0 Å². The molecule has 0 amide bonds. The van der Waals surface area contributed by atoms with Gasteiger partial charge in [-0.25, -0.2) is 0 Å². The van der Waals surface area contributed by atoms with Crippen molar-refractivity contribution in [1.29, 1.82) is 0 Å². The number of fused-ring (bicyclic) bond motifs is 7. The molecule has 2 aliphatic rings. The quantitative estimate of drug-likeness (QED) is 0.201. The summed E-state index contributed by atoms with van der Waals surface area (Å²) < 4.78 is 2.25. The Balaban J connectivity index is 1.24. The summed E-state index contributed by atoms with van der Waals surface area (Å²) in [6.07, 6.45) is 0.